The summed E-state index contributed by atoms with van der Waals surface area (Å²) < 4.78 is 0. The van der Waals surface area contributed by atoms with Gasteiger partial charge in [-0.25, -0.2) is 4.79 Å². The first-order valence-electron chi connectivity index (χ1n) is 7.57. The van der Waals surface area contributed by atoms with Crippen molar-refractivity contribution < 1.29 is 19.8 Å². The molecule has 1 amide bonds. The van der Waals surface area contributed by atoms with Crippen molar-refractivity contribution in [1.82, 2.24) is 4.90 Å². The van der Waals surface area contributed by atoms with Gasteiger partial charge in [0.1, 0.15) is 0 Å². The highest BCUT2D eigenvalue weighted by atomic mass is 16.4. The molecule has 0 aliphatic carbocycles. The number of carboxylic acids is 1. The summed E-state index contributed by atoms with van der Waals surface area (Å²) in [6, 6.07) is 19.1. The summed E-state index contributed by atoms with van der Waals surface area (Å²) in [5.74, 6) is -3.02. The highest BCUT2D eigenvalue weighted by Gasteiger charge is 2.15. The van der Waals surface area contributed by atoms with Crippen LogP contribution in [0.5, 0.6) is 0 Å². The summed E-state index contributed by atoms with van der Waals surface area (Å²) in [5, 5.41) is 18.0. The van der Waals surface area contributed by atoms with E-state index < -0.39 is 17.6 Å². The zero-order valence-corrected chi connectivity index (χ0v) is 13.1. The first kappa shape index (κ1) is 17.3. The van der Waals surface area contributed by atoms with Crippen LogP contribution < -0.4 is 0 Å². The fourth-order valence-electron chi connectivity index (χ4n) is 2.25. The molecule has 2 aromatic carbocycles. The van der Waals surface area contributed by atoms with Gasteiger partial charge in [-0.15, -0.1) is 0 Å². The number of benzene rings is 2. The van der Waals surface area contributed by atoms with Crippen LogP contribution in [0.25, 0.3) is 0 Å². The maximum Gasteiger partial charge on any atom is 0.371 e. The van der Waals surface area contributed by atoms with Crippen LogP contribution in [-0.2, 0) is 22.6 Å². The molecule has 124 valence electrons. The molecule has 2 N–H and O–H groups in total. The predicted molar refractivity (Wildman–Crippen MR) is 90.4 cm³/mol. The maximum absolute atomic E-state index is 12.3. The lowest BCUT2D eigenvalue weighted by Gasteiger charge is -2.21. The molecule has 0 atom stereocenters. The van der Waals surface area contributed by atoms with E-state index in [-0.39, 0.29) is 0 Å². The Balaban J connectivity index is 2.12. The standard InChI is InChI=1S/C19H19NO4/c21-17(19(23)24)13-18(22)20(14-16-9-5-2-6-10-16)12-11-15-7-3-1-4-8-15/h1-10,13,21H,11-12,14H2,(H,23,24)/b17-13-. The minimum absolute atomic E-state index is 0.343. The van der Waals surface area contributed by atoms with Crippen LogP contribution in [0.3, 0.4) is 0 Å². The van der Waals surface area contributed by atoms with Crippen molar-refractivity contribution in [2.24, 2.45) is 0 Å². The molecule has 0 radical (unpaired) electrons. The van der Waals surface area contributed by atoms with Crippen molar-refractivity contribution in [3.63, 3.8) is 0 Å². The number of amides is 1. The molecule has 0 heterocycles. The van der Waals surface area contributed by atoms with E-state index in [1.807, 2.05) is 60.7 Å². The molecule has 0 bridgehead atoms. The topological polar surface area (TPSA) is 77.8 Å². The Hall–Kier alpha value is -3.08. The fourth-order valence-corrected chi connectivity index (χ4v) is 2.25. The average Bonchev–Trinajstić information content (AvgIpc) is 2.60. The third-order valence-corrected chi connectivity index (χ3v) is 3.52. The molecular weight excluding hydrogens is 306 g/mol. The first-order chi connectivity index (χ1) is 11.6. The molecule has 0 aliphatic heterocycles. The number of hydrogen-bond donors (Lipinski definition) is 2. The second-order valence-corrected chi connectivity index (χ2v) is 5.32. The first-order valence-corrected chi connectivity index (χ1v) is 7.57. The highest BCUT2D eigenvalue weighted by molar-refractivity contribution is 5.96. The third kappa shape index (κ3) is 5.28. The lowest BCUT2D eigenvalue weighted by molar-refractivity contribution is -0.136. The van der Waals surface area contributed by atoms with E-state index in [1.165, 1.54) is 4.90 Å². The van der Waals surface area contributed by atoms with Crippen molar-refractivity contribution in [1.29, 1.82) is 0 Å². The Labute approximate surface area is 140 Å². The van der Waals surface area contributed by atoms with Crippen LogP contribution in [0.2, 0.25) is 0 Å². The molecule has 5 heteroatoms. The van der Waals surface area contributed by atoms with Crippen molar-refractivity contribution in [2.75, 3.05) is 6.54 Å². The molecule has 0 aliphatic rings. The summed E-state index contributed by atoms with van der Waals surface area (Å²) in [4.78, 5) is 24.5. The quantitative estimate of drug-likeness (QED) is 0.606. The number of aliphatic hydroxyl groups excluding tert-OH is 1. The van der Waals surface area contributed by atoms with Crippen LogP contribution in [0.15, 0.2) is 72.5 Å². The fraction of sp³-hybridized carbons (Fsp3) is 0.158. The summed E-state index contributed by atoms with van der Waals surface area (Å²) in [7, 11) is 0. The van der Waals surface area contributed by atoms with Gasteiger partial charge in [0.05, 0.1) is 6.08 Å². The van der Waals surface area contributed by atoms with Crippen LogP contribution in [-0.4, -0.2) is 33.5 Å². The van der Waals surface area contributed by atoms with E-state index in [2.05, 4.69) is 0 Å². The Bertz CT molecular complexity index is 711. The summed E-state index contributed by atoms with van der Waals surface area (Å²) >= 11 is 0. The van der Waals surface area contributed by atoms with Gasteiger partial charge in [-0.2, -0.15) is 0 Å². The molecule has 0 fully saturated rings. The lowest BCUT2D eigenvalue weighted by Crippen LogP contribution is -2.31. The second kappa shape index (κ2) is 8.53. The van der Waals surface area contributed by atoms with E-state index >= 15 is 0 Å². The smallest absolute Gasteiger partial charge is 0.371 e. The van der Waals surface area contributed by atoms with E-state index in [0.717, 1.165) is 17.2 Å². The van der Waals surface area contributed by atoms with Crippen molar-refractivity contribution in [3.05, 3.63) is 83.6 Å². The third-order valence-electron chi connectivity index (χ3n) is 3.52. The largest absolute Gasteiger partial charge is 0.502 e. The zero-order valence-electron chi connectivity index (χ0n) is 13.1. The number of aliphatic carboxylic acids is 1. The molecule has 2 rings (SSSR count). The Morgan fingerprint density at radius 1 is 0.875 bits per heavy atom. The number of carbonyl (C=O) groups is 2. The van der Waals surface area contributed by atoms with Gasteiger partial charge >= 0.3 is 5.97 Å². The molecule has 0 unspecified atom stereocenters. The molecule has 0 saturated heterocycles. The Morgan fingerprint density at radius 2 is 1.42 bits per heavy atom. The summed E-state index contributed by atoms with van der Waals surface area (Å²) in [6.45, 7) is 0.761. The second-order valence-electron chi connectivity index (χ2n) is 5.32. The number of carbonyl (C=O) groups excluding carboxylic acids is 1. The Kier molecular flexibility index (Phi) is 6.14. The summed E-state index contributed by atoms with van der Waals surface area (Å²) in [5.41, 5.74) is 2.01. The van der Waals surface area contributed by atoms with Gasteiger partial charge in [-0.1, -0.05) is 60.7 Å². The minimum Gasteiger partial charge on any atom is -0.502 e. The molecule has 2 aromatic rings. The van der Waals surface area contributed by atoms with E-state index in [4.69, 9.17) is 5.11 Å². The van der Waals surface area contributed by atoms with Crippen molar-refractivity contribution >= 4 is 11.9 Å². The Morgan fingerprint density at radius 3 is 1.96 bits per heavy atom. The van der Waals surface area contributed by atoms with Crippen LogP contribution in [0, 0.1) is 0 Å². The summed E-state index contributed by atoms with van der Waals surface area (Å²) in [6.07, 6.45) is 1.39. The molecule has 5 nitrogen and oxygen atoms in total. The van der Waals surface area contributed by atoms with Gasteiger partial charge < -0.3 is 15.1 Å². The van der Waals surface area contributed by atoms with Gasteiger partial charge in [0.25, 0.3) is 5.91 Å². The van der Waals surface area contributed by atoms with Crippen LogP contribution in [0.1, 0.15) is 11.1 Å². The van der Waals surface area contributed by atoms with Crippen molar-refractivity contribution in [3.8, 4) is 0 Å². The monoisotopic (exact) mass is 325 g/mol. The molecule has 0 spiro atoms. The van der Waals surface area contributed by atoms with Gasteiger partial charge in [-0.3, -0.25) is 4.79 Å². The number of carboxylic acid groups (broad SMARTS) is 1. The minimum atomic E-state index is -1.52. The lowest BCUT2D eigenvalue weighted by atomic mass is 10.1. The van der Waals surface area contributed by atoms with Crippen molar-refractivity contribution in [2.45, 2.75) is 13.0 Å². The van der Waals surface area contributed by atoms with E-state index in [1.54, 1.807) is 0 Å². The molecule has 0 aromatic heterocycles. The van der Waals surface area contributed by atoms with E-state index in [0.29, 0.717) is 19.5 Å². The molecule has 24 heavy (non-hydrogen) atoms. The van der Waals surface area contributed by atoms with Crippen LogP contribution >= 0.6 is 0 Å². The maximum atomic E-state index is 12.3. The van der Waals surface area contributed by atoms with Gasteiger partial charge in [0.15, 0.2) is 0 Å². The van der Waals surface area contributed by atoms with Crippen LogP contribution in [0.4, 0.5) is 0 Å². The van der Waals surface area contributed by atoms with Gasteiger partial charge in [0.2, 0.25) is 5.76 Å². The predicted octanol–water partition coefficient (Wildman–Crippen LogP) is 2.78. The van der Waals surface area contributed by atoms with Gasteiger partial charge in [-0.05, 0) is 17.5 Å². The SMILES string of the molecule is O=C(O)/C(O)=C/C(=O)N(CCc1ccccc1)Cc1ccccc1. The molecule has 0 saturated carbocycles. The highest BCUT2D eigenvalue weighted by Crippen LogP contribution is 2.09. The average molecular weight is 325 g/mol. The van der Waals surface area contributed by atoms with E-state index in [9.17, 15) is 14.7 Å². The number of aliphatic hydroxyl groups is 1. The number of nitrogens with zero attached hydrogens (tertiary/aromatic N) is 1. The normalized spacial score (nSPS) is 11.1. The number of rotatable bonds is 7. The number of hydrogen-bond acceptors (Lipinski definition) is 3. The van der Waals surface area contributed by atoms with Gasteiger partial charge in [0, 0.05) is 13.1 Å². The zero-order chi connectivity index (χ0) is 17.4. The molecular formula is C19H19NO4.